The zero-order valence-electron chi connectivity index (χ0n) is 3.93. The number of carbonyl (C=O) groups is 1. The molecule has 0 radical (unpaired) electrons. The zero-order valence-corrected chi connectivity index (χ0v) is 3.93. The Balaban J connectivity index is 3.41. The van der Waals surface area contributed by atoms with E-state index in [0.29, 0.717) is 6.41 Å². The van der Waals surface area contributed by atoms with Crippen molar-refractivity contribution in [2.45, 2.75) is 13.8 Å². The predicted molar refractivity (Wildman–Crippen MR) is 24.8 cm³/mol. The quantitative estimate of drug-likeness (QED) is 0.339. The van der Waals surface area contributed by atoms with Crippen molar-refractivity contribution in [2.75, 3.05) is 0 Å². The van der Waals surface area contributed by atoms with Crippen LogP contribution < -0.4 is 0 Å². The van der Waals surface area contributed by atoms with Crippen LogP contribution in [-0.4, -0.2) is 12.1 Å². The molecule has 0 aliphatic heterocycles. The van der Waals surface area contributed by atoms with Crippen molar-refractivity contribution in [1.29, 1.82) is 0 Å². The highest BCUT2D eigenvalue weighted by Gasteiger charge is 1.67. The van der Waals surface area contributed by atoms with E-state index in [1.54, 1.807) is 13.8 Å². The van der Waals surface area contributed by atoms with Gasteiger partial charge in [0.2, 0.25) is 6.41 Å². The van der Waals surface area contributed by atoms with E-state index in [-0.39, 0.29) is 0 Å². The van der Waals surface area contributed by atoms with Crippen molar-refractivity contribution < 1.29 is 4.79 Å². The first-order valence-corrected chi connectivity index (χ1v) is 1.72. The summed E-state index contributed by atoms with van der Waals surface area (Å²) in [5.41, 5.74) is 0.796. The van der Waals surface area contributed by atoms with E-state index in [2.05, 4.69) is 4.99 Å². The van der Waals surface area contributed by atoms with E-state index in [1.165, 1.54) is 0 Å². The molecule has 0 rings (SSSR count). The maximum absolute atomic E-state index is 9.43. The normalized spacial score (nSPS) is 7.00. The number of nitrogens with zero attached hydrogens (tertiary/aromatic N) is 1. The van der Waals surface area contributed by atoms with Crippen molar-refractivity contribution in [3.8, 4) is 0 Å². The monoisotopic (exact) mass is 85.1 g/mol. The summed E-state index contributed by atoms with van der Waals surface area (Å²) in [6.07, 6.45) is 0.537. The Morgan fingerprint density at radius 2 is 2.17 bits per heavy atom. The Kier molecular flexibility index (Phi) is 2.29. The van der Waals surface area contributed by atoms with Gasteiger partial charge in [0.05, 0.1) is 0 Å². The molecule has 2 nitrogen and oxygen atoms in total. The number of aliphatic imine (C=N–C) groups is 1. The van der Waals surface area contributed by atoms with E-state index in [0.717, 1.165) is 5.71 Å². The molecule has 6 heavy (non-hydrogen) atoms. The minimum atomic E-state index is 0.537. The number of rotatable bonds is 1. The number of hydrogen-bond donors (Lipinski definition) is 0. The minimum absolute atomic E-state index is 0.537. The number of carbonyl (C=O) groups excluding carboxylic acids is 1. The van der Waals surface area contributed by atoms with Crippen molar-refractivity contribution in [3.05, 3.63) is 0 Å². The first kappa shape index (κ1) is 5.34. The van der Waals surface area contributed by atoms with Gasteiger partial charge in [0.15, 0.2) is 0 Å². The van der Waals surface area contributed by atoms with Gasteiger partial charge in [-0.2, -0.15) is 0 Å². The summed E-state index contributed by atoms with van der Waals surface area (Å²) < 4.78 is 0. The molecule has 34 valence electrons. The van der Waals surface area contributed by atoms with Gasteiger partial charge in [-0.05, 0) is 13.8 Å². The largest absolute Gasteiger partial charge is 0.276 e. The van der Waals surface area contributed by atoms with Gasteiger partial charge in [-0.25, -0.2) is 4.99 Å². The number of hydrogen-bond acceptors (Lipinski definition) is 1. The Morgan fingerprint density at radius 3 is 2.17 bits per heavy atom. The second-order valence-corrected chi connectivity index (χ2v) is 1.18. The predicted octanol–water partition coefficient (Wildman–Crippen LogP) is 0.624. The third kappa shape index (κ3) is 3.34. The van der Waals surface area contributed by atoms with Gasteiger partial charge >= 0.3 is 0 Å². The summed E-state index contributed by atoms with van der Waals surface area (Å²) in [6, 6.07) is 0. The summed E-state index contributed by atoms with van der Waals surface area (Å²) in [5.74, 6) is 0. The minimum Gasteiger partial charge on any atom is -0.276 e. The van der Waals surface area contributed by atoms with E-state index in [9.17, 15) is 4.79 Å². The van der Waals surface area contributed by atoms with Crippen LogP contribution in [0.5, 0.6) is 0 Å². The molecule has 0 unspecified atom stereocenters. The second-order valence-electron chi connectivity index (χ2n) is 1.18. The van der Waals surface area contributed by atoms with Crippen LogP contribution in [-0.2, 0) is 4.79 Å². The summed E-state index contributed by atoms with van der Waals surface area (Å²) in [7, 11) is 0. The molecular weight excluding hydrogens is 78.0 g/mol. The van der Waals surface area contributed by atoms with E-state index >= 15 is 0 Å². The summed E-state index contributed by atoms with van der Waals surface area (Å²) in [5, 5.41) is 0. The van der Waals surface area contributed by atoms with Crippen molar-refractivity contribution >= 4 is 12.1 Å². The fraction of sp³-hybridized carbons (Fsp3) is 0.500. The van der Waals surface area contributed by atoms with E-state index in [4.69, 9.17) is 0 Å². The molecule has 0 saturated heterocycles. The average Bonchev–Trinajstić information content (AvgIpc) is 1.35. The third-order valence-electron chi connectivity index (χ3n) is 0.311. The van der Waals surface area contributed by atoms with Crippen molar-refractivity contribution in [1.82, 2.24) is 0 Å². The average molecular weight is 85.1 g/mol. The molecule has 0 atom stereocenters. The molecule has 0 aliphatic carbocycles. The van der Waals surface area contributed by atoms with E-state index in [1.807, 2.05) is 0 Å². The van der Waals surface area contributed by atoms with Crippen molar-refractivity contribution in [2.24, 2.45) is 4.99 Å². The van der Waals surface area contributed by atoms with Crippen LogP contribution in [0.1, 0.15) is 13.8 Å². The SMILES string of the molecule is CC(C)=NC=O. The van der Waals surface area contributed by atoms with Crippen LogP contribution in [0.4, 0.5) is 0 Å². The molecular formula is C4H7NO. The highest BCUT2D eigenvalue weighted by molar-refractivity contribution is 5.85. The molecule has 0 aromatic carbocycles. The van der Waals surface area contributed by atoms with Gasteiger partial charge in [0, 0.05) is 5.71 Å². The standard InChI is InChI=1S/C4H7NO/c1-4(2)5-3-6/h3H,1-2H3. The van der Waals surface area contributed by atoms with Crippen LogP contribution in [0.3, 0.4) is 0 Å². The molecule has 0 spiro atoms. The summed E-state index contributed by atoms with van der Waals surface area (Å²) in [6.45, 7) is 3.54. The second kappa shape index (κ2) is 2.57. The van der Waals surface area contributed by atoms with E-state index < -0.39 is 0 Å². The topological polar surface area (TPSA) is 29.4 Å². The molecule has 2 heteroatoms. The smallest absolute Gasteiger partial charge is 0.232 e. The maximum atomic E-state index is 9.43. The third-order valence-corrected chi connectivity index (χ3v) is 0.311. The van der Waals surface area contributed by atoms with Crippen LogP contribution >= 0.6 is 0 Å². The maximum Gasteiger partial charge on any atom is 0.232 e. The lowest BCUT2D eigenvalue weighted by Crippen LogP contribution is -1.77. The van der Waals surface area contributed by atoms with Gasteiger partial charge in [-0.3, -0.25) is 4.79 Å². The molecule has 0 bridgehead atoms. The van der Waals surface area contributed by atoms with Crippen LogP contribution in [0.2, 0.25) is 0 Å². The van der Waals surface area contributed by atoms with Gasteiger partial charge < -0.3 is 0 Å². The first-order chi connectivity index (χ1) is 2.77. The zero-order chi connectivity index (χ0) is 4.99. The summed E-state index contributed by atoms with van der Waals surface area (Å²) >= 11 is 0. The summed E-state index contributed by atoms with van der Waals surface area (Å²) in [4.78, 5) is 12.8. The molecule has 1 amide bonds. The Morgan fingerprint density at radius 1 is 1.67 bits per heavy atom. The molecule has 0 aromatic heterocycles. The molecule has 0 N–H and O–H groups in total. The number of amides is 1. The van der Waals surface area contributed by atoms with Gasteiger partial charge in [-0.15, -0.1) is 0 Å². The van der Waals surface area contributed by atoms with Crippen molar-refractivity contribution in [3.63, 3.8) is 0 Å². The molecule has 0 heterocycles. The Bertz CT molecular complexity index is 71.6. The molecule has 0 saturated carbocycles. The lowest BCUT2D eigenvalue weighted by atomic mass is 10.5. The van der Waals surface area contributed by atoms with Gasteiger partial charge in [-0.1, -0.05) is 0 Å². The Labute approximate surface area is 36.9 Å². The van der Waals surface area contributed by atoms with Gasteiger partial charge in [0.1, 0.15) is 0 Å². The fourth-order valence-corrected chi connectivity index (χ4v) is 0.105. The fourth-order valence-electron chi connectivity index (χ4n) is 0.105. The molecule has 0 aliphatic rings. The van der Waals surface area contributed by atoms with Crippen LogP contribution in [0, 0.1) is 0 Å². The Hall–Kier alpha value is -0.660. The highest BCUT2D eigenvalue weighted by atomic mass is 16.1. The highest BCUT2D eigenvalue weighted by Crippen LogP contribution is 1.65. The lowest BCUT2D eigenvalue weighted by Gasteiger charge is -1.73. The lowest BCUT2D eigenvalue weighted by molar-refractivity contribution is -0.106. The first-order valence-electron chi connectivity index (χ1n) is 1.72. The van der Waals surface area contributed by atoms with Gasteiger partial charge in [0.25, 0.3) is 0 Å². The molecule has 0 fully saturated rings. The molecule has 0 aromatic rings. The van der Waals surface area contributed by atoms with Crippen LogP contribution in [0.25, 0.3) is 0 Å². The van der Waals surface area contributed by atoms with Crippen LogP contribution in [0.15, 0.2) is 4.99 Å².